The molecule has 0 unspecified atom stereocenters. The van der Waals surface area contributed by atoms with Crippen LogP contribution in [0.5, 0.6) is 5.75 Å². The molecule has 4 bridgehead atoms. The molecule has 6 rings (SSSR count). The summed E-state index contributed by atoms with van der Waals surface area (Å²) in [4.78, 5) is 4.78. The van der Waals surface area contributed by atoms with Gasteiger partial charge in [0.2, 0.25) is 0 Å². The molecule has 0 aromatic heterocycles. The van der Waals surface area contributed by atoms with E-state index >= 15 is 0 Å². The van der Waals surface area contributed by atoms with Crippen LogP contribution in [0.15, 0.2) is 24.3 Å². The Morgan fingerprint density at radius 3 is 2.13 bits per heavy atom. The third kappa shape index (κ3) is 4.49. The van der Waals surface area contributed by atoms with Gasteiger partial charge in [0.15, 0.2) is 0 Å². The zero-order chi connectivity index (χ0) is 20.6. The number of hydrogen-bond acceptors (Lipinski definition) is 5. The second kappa shape index (κ2) is 8.68. The van der Waals surface area contributed by atoms with Crippen LogP contribution >= 0.6 is 0 Å². The van der Waals surface area contributed by atoms with E-state index in [1.807, 2.05) is 12.1 Å². The van der Waals surface area contributed by atoms with E-state index in [-0.39, 0.29) is 6.10 Å². The second-order valence-electron chi connectivity index (χ2n) is 10.6. The van der Waals surface area contributed by atoms with E-state index in [9.17, 15) is 5.11 Å². The first-order valence-corrected chi connectivity index (χ1v) is 12.0. The van der Waals surface area contributed by atoms with Gasteiger partial charge in [0.1, 0.15) is 5.75 Å². The fraction of sp³-hybridized carbons (Fsp3) is 0.760. The maximum absolute atomic E-state index is 10.6. The number of nitrogens with zero attached hydrogens (tertiary/aromatic N) is 2. The molecule has 166 valence electrons. The Labute approximate surface area is 181 Å². The largest absolute Gasteiger partial charge is 0.497 e. The van der Waals surface area contributed by atoms with Crippen molar-refractivity contribution in [1.82, 2.24) is 4.90 Å². The van der Waals surface area contributed by atoms with E-state index in [2.05, 4.69) is 21.9 Å². The standard InChI is InChI=1S/C25H38N2O3/c1-29-24-4-2-22(3-5-24)27-8-6-26(7-9-27)16-23(28)17-30-18-25-13-19-10-20(14-25)12-21(11-19)15-25/h2-5,19-21,23,28H,6-18H2,1H3/t19?,20?,21?,23-,25?/m0/s1. The number of aliphatic hydroxyl groups excluding tert-OH is 1. The molecule has 1 aromatic carbocycles. The Hall–Kier alpha value is -1.30. The summed E-state index contributed by atoms with van der Waals surface area (Å²) in [6.45, 7) is 6.03. The quantitative estimate of drug-likeness (QED) is 0.706. The molecule has 4 saturated carbocycles. The molecule has 0 amide bonds. The minimum atomic E-state index is -0.383. The first-order valence-electron chi connectivity index (χ1n) is 12.0. The van der Waals surface area contributed by atoms with Crippen molar-refractivity contribution < 1.29 is 14.6 Å². The predicted molar refractivity (Wildman–Crippen MR) is 119 cm³/mol. The minimum absolute atomic E-state index is 0.383. The van der Waals surface area contributed by atoms with Gasteiger partial charge in [-0.1, -0.05) is 0 Å². The van der Waals surface area contributed by atoms with Crippen molar-refractivity contribution in [3.63, 3.8) is 0 Å². The Kier molecular flexibility index (Phi) is 5.96. The van der Waals surface area contributed by atoms with Crippen molar-refractivity contribution in [2.75, 3.05) is 57.9 Å². The van der Waals surface area contributed by atoms with Crippen LogP contribution in [0.3, 0.4) is 0 Å². The van der Waals surface area contributed by atoms with Gasteiger partial charge in [-0.05, 0) is 86.0 Å². The number of anilines is 1. The third-order valence-corrected chi connectivity index (χ3v) is 8.16. The highest BCUT2D eigenvalue weighted by molar-refractivity contribution is 5.49. The van der Waals surface area contributed by atoms with Crippen molar-refractivity contribution in [2.24, 2.45) is 23.2 Å². The molecular weight excluding hydrogens is 376 g/mol. The van der Waals surface area contributed by atoms with Gasteiger partial charge >= 0.3 is 0 Å². The first-order chi connectivity index (χ1) is 14.6. The van der Waals surface area contributed by atoms with Gasteiger partial charge < -0.3 is 19.5 Å². The van der Waals surface area contributed by atoms with Crippen LogP contribution < -0.4 is 9.64 Å². The number of hydrogen-bond donors (Lipinski definition) is 1. The van der Waals surface area contributed by atoms with Crippen molar-refractivity contribution >= 4 is 5.69 Å². The zero-order valence-corrected chi connectivity index (χ0v) is 18.5. The molecule has 30 heavy (non-hydrogen) atoms. The Morgan fingerprint density at radius 2 is 1.57 bits per heavy atom. The molecule has 4 aliphatic carbocycles. The van der Waals surface area contributed by atoms with Gasteiger partial charge in [-0.2, -0.15) is 0 Å². The lowest BCUT2D eigenvalue weighted by atomic mass is 9.50. The lowest BCUT2D eigenvalue weighted by Crippen LogP contribution is -2.50. The first kappa shape index (κ1) is 20.6. The summed E-state index contributed by atoms with van der Waals surface area (Å²) in [5.74, 6) is 3.79. The summed E-state index contributed by atoms with van der Waals surface area (Å²) in [6, 6.07) is 8.29. The fourth-order valence-electron chi connectivity index (χ4n) is 7.21. The lowest BCUT2D eigenvalue weighted by Gasteiger charge is -2.56. The number of β-amino-alcohol motifs (C(OH)–C–C–N with tert-alkyl or cyclic N) is 1. The molecular formula is C25H38N2O3. The molecule has 1 N–H and O–H groups in total. The van der Waals surface area contributed by atoms with E-state index in [1.54, 1.807) is 7.11 Å². The minimum Gasteiger partial charge on any atom is -0.497 e. The number of benzene rings is 1. The van der Waals surface area contributed by atoms with Crippen molar-refractivity contribution in [3.8, 4) is 5.75 Å². The van der Waals surface area contributed by atoms with E-state index < -0.39 is 0 Å². The van der Waals surface area contributed by atoms with Crippen LogP contribution in [0.2, 0.25) is 0 Å². The number of piperazine rings is 1. The molecule has 1 heterocycles. The van der Waals surface area contributed by atoms with Gasteiger partial charge in [-0.25, -0.2) is 0 Å². The van der Waals surface area contributed by atoms with Gasteiger partial charge in [-0.3, -0.25) is 4.90 Å². The summed E-state index contributed by atoms with van der Waals surface area (Å²) in [6.07, 6.45) is 8.18. The maximum atomic E-state index is 10.6. The molecule has 1 saturated heterocycles. The Balaban J connectivity index is 1.03. The van der Waals surface area contributed by atoms with Gasteiger partial charge in [0.25, 0.3) is 0 Å². The number of ether oxygens (including phenoxy) is 2. The third-order valence-electron chi connectivity index (χ3n) is 8.16. The smallest absolute Gasteiger partial charge is 0.119 e. The van der Waals surface area contributed by atoms with Crippen LogP contribution in [0.4, 0.5) is 5.69 Å². The predicted octanol–water partition coefficient (Wildman–Crippen LogP) is 3.41. The number of rotatable bonds is 8. The molecule has 5 aliphatic rings. The number of methoxy groups -OCH3 is 1. The van der Waals surface area contributed by atoms with Gasteiger partial charge in [0, 0.05) is 38.4 Å². The summed E-state index contributed by atoms with van der Waals surface area (Å²) >= 11 is 0. The molecule has 5 heteroatoms. The zero-order valence-electron chi connectivity index (χ0n) is 18.5. The van der Waals surface area contributed by atoms with Crippen LogP contribution in [0.25, 0.3) is 0 Å². The van der Waals surface area contributed by atoms with Gasteiger partial charge in [-0.15, -0.1) is 0 Å². The molecule has 1 aliphatic heterocycles. The molecule has 1 aromatic rings. The normalized spacial score (nSPS) is 34.3. The lowest BCUT2D eigenvalue weighted by molar-refractivity contribution is -0.107. The molecule has 0 radical (unpaired) electrons. The van der Waals surface area contributed by atoms with Crippen LogP contribution in [-0.2, 0) is 4.74 Å². The average molecular weight is 415 g/mol. The van der Waals surface area contributed by atoms with E-state index in [4.69, 9.17) is 9.47 Å². The molecule has 5 nitrogen and oxygen atoms in total. The Bertz CT molecular complexity index is 664. The van der Waals surface area contributed by atoms with E-state index in [1.165, 1.54) is 44.2 Å². The topological polar surface area (TPSA) is 45.2 Å². The van der Waals surface area contributed by atoms with Crippen LogP contribution in [0, 0.1) is 23.2 Å². The molecule has 0 spiro atoms. The molecule has 1 atom stereocenters. The summed E-state index contributed by atoms with van der Waals surface area (Å²) < 4.78 is 11.4. The molecule has 5 fully saturated rings. The van der Waals surface area contributed by atoms with E-state index in [0.29, 0.717) is 12.0 Å². The summed E-state index contributed by atoms with van der Waals surface area (Å²) in [7, 11) is 1.70. The monoisotopic (exact) mass is 414 g/mol. The summed E-state index contributed by atoms with van der Waals surface area (Å²) in [5, 5.41) is 10.6. The Morgan fingerprint density at radius 1 is 0.967 bits per heavy atom. The average Bonchev–Trinajstić information content (AvgIpc) is 2.73. The highest BCUT2D eigenvalue weighted by atomic mass is 16.5. The van der Waals surface area contributed by atoms with Crippen molar-refractivity contribution in [2.45, 2.75) is 44.6 Å². The SMILES string of the molecule is COc1ccc(N2CCN(C[C@H](O)COCC34CC5CC(CC(C5)C3)C4)CC2)cc1. The van der Waals surface area contributed by atoms with Crippen molar-refractivity contribution in [1.29, 1.82) is 0 Å². The highest BCUT2D eigenvalue weighted by Gasteiger charge is 2.50. The summed E-state index contributed by atoms with van der Waals surface area (Å²) in [5.41, 5.74) is 1.69. The highest BCUT2D eigenvalue weighted by Crippen LogP contribution is 2.60. The maximum Gasteiger partial charge on any atom is 0.119 e. The number of aliphatic hydroxyl groups is 1. The van der Waals surface area contributed by atoms with Crippen LogP contribution in [0.1, 0.15) is 38.5 Å². The van der Waals surface area contributed by atoms with E-state index in [0.717, 1.165) is 62.8 Å². The van der Waals surface area contributed by atoms with Gasteiger partial charge in [0.05, 0.1) is 26.4 Å². The second-order valence-corrected chi connectivity index (χ2v) is 10.6. The fourth-order valence-corrected chi connectivity index (χ4v) is 7.21. The van der Waals surface area contributed by atoms with Crippen molar-refractivity contribution in [3.05, 3.63) is 24.3 Å². The van der Waals surface area contributed by atoms with Crippen LogP contribution in [-0.4, -0.2) is 69.2 Å².